The Bertz CT molecular complexity index is 550. The molecule has 1 aliphatic rings. The molecule has 1 heterocycles. The smallest absolute Gasteiger partial charge is 0.242 e. The van der Waals surface area contributed by atoms with Gasteiger partial charge in [-0.25, -0.2) is 4.39 Å². The van der Waals surface area contributed by atoms with E-state index in [1.165, 1.54) is 12.1 Å². The third-order valence-corrected chi connectivity index (χ3v) is 4.59. The van der Waals surface area contributed by atoms with E-state index >= 15 is 0 Å². The summed E-state index contributed by atoms with van der Waals surface area (Å²) in [5, 5.41) is 2.75. The summed E-state index contributed by atoms with van der Waals surface area (Å²) in [7, 11) is 0. The summed E-state index contributed by atoms with van der Waals surface area (Å²) >= 11 is 0. The van der Waals surface area contributed by atoms with Crippen LogP contribution in [0.15, 0.2) is 24.3 Å². The van der Waals surface area contributed by atoms with Crippen LogP contribution in [0.4, 0.5) is 10.1 Å². The molecule has 1 N–H and O–H groups in total. The van der Waals surface area contributed by atoms with Crippen LogP contribution in [-0.4, -0.2) is 49.4 Å². The molecule has 0 aliphatic carbocycles. The number of nitrogens with zero attached hydrogens (tertiary/aromatic N) is 2. The van der Waals surface area contributed by atoms with Crippen molar-refractivity contribution in [1.29, 1.82) is 0 Å². The van der Waals surface area contributed by atoms with Crippen LogP contribution in [0.25, 0.3) is 0 Å². The minimum atomic E-state index is -0.249. The lowest BCUT2D eigenvalue weighted by Gasteiger charge is -2.36. The number of carbonyl (C=O) groups excluding carboxylic acids is 2. The molecule has 0 radical (unpaired) electrons. The Hall–Kier alpha value is -2.11. The fourth-order valence-electron chi connectivity index (χ4n) is 2.94. The number of nitrogens with one attached hydrogen (secondary N) is 1. The zero-order valence-electron chi connectivity index (χ0n) is 14.4. The van der Waals surface area contributed by atoms with Crippen LogP contribution >= 0.6 is 0 Å². The van der Waals surface area contributed by atoms with E-state index in [2.05, 4.69) is 10.2 Å². The molecule has 1 saturated heterocycles. The number of hydrogen-bond acceptors (Lipinski definition) is 3. The fourth-order valence-corrected chi connectivity index (χ4v) is 2.94. The van der Waals surface area contributed by atoms with Gasteiger partial charge < -0.3 is 15.1 Å². The molecular formula is C18H26FN3O2. The first-order valence-electron chi connectivity index (χ1n) is 8.61. The zero-order chi connectivity index (χ0) is 17.5. The predicted molar refractivity (Wildman–Crippen MR) is 92.3 cm³/mol. The van der Waals surface area contributed by atoms with Crippen LogP contribution in [0.3, 0.4) is 0 Å². The van der Waals surface area contributed by atoms with Gasteiger partial charge in [0.2, 0.25) is 11.8 Å². The molecule has 0 atom stereocenters. The molecule has 1 aromatic carbocycles. The first-order chi connectivity index (χ1) is 11.5. The van der Waals surface area contributed by atoms with Gasteiger partial charge in [0.05, 0.1) is 6.54 Å². The highest BCUT2D eigenvalue weighted by molar-refractivity contribution is 5.86. The van der Waals surface area contributed by atoms with Crippen LogP contribution < -0.4 is 10.2 Å². The fraction of sp³-hybridized carbons (Fsp3) is 0.556. The Morgan fingerprint density at radius 1 is 1.08 bits per heavy atom. The van der Waals surface area contributed by atoms with Crippen molar-refractivity contribution in [2.24, 2.45) is 5.92 Å². The van der Waals surface area contributed by atoms with E-state index in [0.29, 0.717) is 26.2 Å². The van der Waals surface area contributed by atoms with Crippen LogP contribution in [0.1, 0.15) is 26.7 Å². The Morgan fingerprint density at radius 2 is 1.67 bits per heavy atom. The van der Waals surface area contributed by atoms with Gasteiger partial charge >= 0.3 is 0 Å². The number of carbonyl (C=O) groups is 2. The number of halogens is 1. The van der Waals surface area contributed by atoms with Crippen molar-refractivity contribution in [1.82, 2.24) is 10.2 Å². The normalized spacial score (nSPS) is 14.8. The summed E-state index contributed by atoms with van der Waals surface area (Å²) in [6.07, 6.45) is 1.57. The maximum Gasteiger partial charge on any atom is 0.242 e. The average Bonchev–Trinajstić information content (AvgIpc) is 2.61. The topological polar surface area (TPSA) is 52.7 Å². The average molecular weight is 335 g/mol. The van der Waals surface area contributed by atoms with E-state index in [0.717, 1.165) is 18.5 Å². The number of anilines is 1. The van der Waals surface area contributed by atoms with Gasteiger partial charge in [-0.15, -0.1) is 0 Å². The van der Waals surface area contributed by atoms with E-state index in [4.69, 9.17) is 0 Å². The minimum absolute atomic E-state index is 0.0203. The molecule has 5 nitrogen and oxygen atoms in total. The molecule has 0 aromatic heterocycles. The highest BCUT2D eigenvalue weighted by Crippen LogP contribution is 2.17. The lowest BCUT2D eigenvalue weighted by atomic mass is 10.0. The highest BCUT2D eigenvalue weighted by atomic mass is 19.1. The van der Waals surface area contributed by atoms with Gasteiger partial charge in [0.1, 0.15) is 5.82 Å². The SMILES string of the molecule is CCC(CC)C(=O)NCC(=O)N1CCN(c2ccc(F)cc2)CC1. The van der Waals surface area contributed by atoms with Gasteiger partial charge in [-0.1, -0.05) is 13.8 Å². The van der Waals surface area contributed by atoms with Crippen molar-refractivity contribution >= 4 is 17.5 Å². The Labute approximate surface area is 142 Å². The van der Waals surface area contributed by atoms with Crippen LogP contribution in [0.5, 0.6) is 0 Å². The summed E-state index contributed by atoms with van der Waals surface area (Å²) in [6.45, 7) is 6.64. The molecule has 24 heavy (non-hydrogen) atoms. The number of benzene rings is 1. The van der Waals surface area contributed by atoms with Crippen molar-refractivity contribution in [3.8, 4) is 0 Å². The van der Waals surface area contributed by atoms with Crippen LogP contribution in [0.2, 0.25) is 0 Å². The minimum Gasteiger partial charge on any atom is -0.368 e. The van der Waals surface area contributed by atoms with Crippen molar-refractivity contribution in [3.63, 3.8) is 0 Å². The molecule has 2 amide bonds. The summed E-state index contributed by atoms with van der Waals surface area (Å²) in [5.41, 5.74) is 0.963. The lowest BCUT2D eigenvalue weighted by Crippen LogP contribution is -2.51. The molecule has 0 saturated carbocycles. The summed E-state index contributed by atoms with van der Waals surface area (Å²) < 4.78 is 13.0. The molecule has 6 heteroatoms. The lowest BCUT2D eigenvalue weighted by molar-refractivity contribution is -0.134. The molecule has 0 bridgehead atoms. The molecule has 0 spiro atoms. The number of rotatable bonds is 6. The molecule has 1 aromatic rings. The van der Waals surface area contributed by atoms with E-state index in [-0.39, 0.29) is 30.1 Å². The summed E-state index contributed by atoms with van der Waals surface area (Å²) in [4.78, 5) is 28.1. The molecule has 1 fully saturated rings. The van der Waals surface area contributed by atoms with Crippen LogP contribution in [-0.2, 0) is 9.59 Å². The number of piperazine rings is 1. The largest absolute Gasteiger partial charge is 0.368 e. The van der Waals surface area contributed by atoms with E-state index in [9.17, 15) is 14.0 Å². The summed E-state index contributed by atoms with van der Waals surface area (Å²) in [5.74, 6) is -0.361. The molecule has 132 valence electrons. The second-order valence-electron chi connectivity index (χ2n) is 6.08. The Morgan fingerprint density at radius 3 is 2.21 bits per heavy atom. The van der Waals surface area contributed by atoms with Gasteiger partial charge in [0, 0.05) is 37.8 Å². The van der Waals surface area contributed by atoms with Gasteiger partial charge in [0.25, 0.3) is 0 Å². The Balaban J connectivity index is 1.78. The molecule has 0 unspecified atom stereocenters. The first-order valence-corrected chi connectivity index (χ1v) is 8.61. The van der Waals surface area contributed by atoms with E-state index in [1.807, 2.05) is 13.8 Å². The number of amides is 2. The van der Waals surface area contributed by atoms with E-state index in [1.54, 1.807) is 17.0 Å². The monoisotopic (exact) mass is 335 g/mol. The maximum atomic E-state index is 13.0. The second kappa shape index (κ2) is 8.66. The molecule has 1 aliphatic heterocycles. The molecule has 2 rings (SSSR count). The number of hydrogen-bond donors (Lipinski definition) is 1. The summed E-state index contributed by atoms with van der Waals surface area (Å²) in [6, 6.07) is 6.39. The quantitative estimate of drug-likeness (QED) is 0.865. The standard InChI is InChI=1S/C18H26FN3O2/c1-3-14(4-2)18(24)20-13-17(23)22-11-9-21(10-12-22)16-7-5-15(19)6-8-16/h5-8,14H,3-4,9-13H2,1-2H3,(H,20,24). The third kappa shape index (κ3) is 4.69. The first kappa shape index (κ1) is 18.2. The zero-order valence-corrected chi connectivity index (χ0v) is 14.4. The van der Waals surface area contributed by atoms with Gasteiger partial charge in [-0.05, 0) is 37.1 Å². The Kier molecular flexibility index (Phi) is 6.58. The van der Waals surface area contributed by atoms with Crippen molar-refractivity contribution in [3.05, 3.63) is 30.1 Å². The predicted octanol–water partition coefficient (Wildman–Crippen LogP) is 2.03. The van der Waals surface area contributed by atoms with Crippen molar-refractivity contribution in [2.75, 3.05) is 37.6 Å². The second-order valence-corrected chi connectivity index (χ2v) is 6.08. The van der Waals surface area contributed by atoms with Crippen molar-refractivity contribution < 1.29 is 14.0 Å². The van der Waals surface area contributed by atoms with Gasteiger partial charge in [0.15, 0.2) is 0 Å². The van der Waals surface area contributed by atoms with Gasteiger partial charge in [-0.2, -0.15) is 0 Å². The van der Waals surface area contributed by atoms with Crippen LogP contribution in [0, 0.1) is 11.7 Å². The highest BCUT2D eigenvalue weighted by Gasteiger charge is 2.22. The van der Waals surface area contributed by atoms with E-state index < -0.39 is 0 Å². The maximum absolute atomic E-state index is 13.0. The third-order valence-electron chi connectivity index (χ3n) is 4.59. The molecular weight excluding hydrogens is 309 g/mol. The van der Waals surface area contributed by atoms with Gasteiger partial charge in [-0.3, -0.25) is 9.59 Å². The van der Waals surface area contributed by atoms with Crippen molar-refractivity contribution in [2.45, 2.75) is 26.7 Å².